The van der Waals surface area contributed by atoms with Gasteiger partial charge >= 0.3 is 6.03 Å². The van der Waals surface area contributed by atoms with Crippen LogP contribution in [0.5, 0.6) is 0 Å². The number of rotatable bonds is 7. The molecule has 1 fully saturated rings. The molecule has 208 valence electrons. The molecule has 1 aliphatic rings. The Balaban J connectivity index is 1.28. The number of urea groups is 1. The highest BCUT2D eigenvalue weighted by Crippen LogP contribution is 2.38. The third-order valence-corrected chi connectivity index (χ3v) is 8.02. The molecular weight excluding hydrogens is 512 g/mol. The first-order valence-corrected chi connectivity index (χ1v) is 13.9. The van der Waals surface area contributed by atoms with Crippen molar-refractivity contribution in [2.75, 3.05) is 17.3 Å². The molecule has 5 aromatic rings. The number of amides is 2. The molecule has 1 aliphatic carbocycles. The van der Waals surface area contributed by atoms with Crippen molar-refractivity contribution in [3.63, 3.8) is 0 Å². The maximum absolute atomic E-state index is 13.7. The van der Waals surface area contributed by atoms with Crippen molar-refractivity contribution < 1.29 is 4.79 Å². The van der Waals surface area contributed by atoms with Crippen LogP contribution in [0.1, 0.15) is 29.9 Å². The van der Waals surface area contributed by atoms with E-state index in [1.807, 2.05) is 68.8 Å². The Bertz CT molecular complexity index is 1610. The van der Waals surface area contributed by atoms with E-state index in [0.29, 0.717) is 5.82 Å². The van der Waals surface area contributed by atoms with Crippen molar-refractivity contribution in [1.29, 1.82) is 0 Å². The van der Waals surface area contributed by atoms with Gasteiger partial charge in [-0.2, -0.15) is 10.2 Å². The molecule has 0 aliphatic heterocycles. The van der Waals surface area contributed by atoms with E-state index in [-0.39, 0.29) is 24.0 Å². The summed E-state index contributed by atoms with van der Waals surface area (Å²) in [5, 5.41) is 15.7. The second kappa shape index (κ2) is 11.3. The number of nitrogens with zero attached hydrogens (tertiary/aromatic N) is 6. The minimum atomic E-state index is -0.251. The molecule has 0 bridgehead atoms. The van der Waals surface area contributed by atoms with Crippen molar-refractivity contribution in [2.24, 2.45) is 7.05 Å². The van der Waals surface area contributed by atoms with Crippen LogP contribution in [0.15, 0.2) is 97.6 Å². The summed E-state index contributed by atoms with van der Waals surface area (Å²) in [6.45, 7) is 1.98. The van der Waals surface area contributed by atoms with Gasteiger partial charge in [0.15, 0.2) is 0 Å². The zero-order chi connectivity index (χ0) is 28.3. The molecule has 1 saturated carbocycles. The van der Waals surface area contributed by atoms with Crippen LogP contribution in [0.4, 0.5) is 16.3 Å². The second-order valence-electron chi connectivity index (χ2n) is 10.6. The summed E-state index contributed by atoms with van der Waals surface area (Å²) in [7, 11) is 3.98. The van der Waals surface area contributed by atoms with E-state index >= 15 is 0 Å². The van der Waals surface area contributed by atoms with E-state index in [0.717, 1.165) is 41.0 Å². The smallest absolute Gasteiger partial charge is 0.320 e. The number of para-hydroxylation sites is 1. The zero-order valence-electron chi connectivity index (χ0n) is 23.5. The van der Waals surface area contributed by atoms with E-state index in [9.17, 15) is 4.79 Å². The first-order chi connectivity index (χ1) is 20.0. The fourth-order valence-corrected chi connectivity index (χ4v) is 5.86. The number of aryl methyl sites for hydroxylation is 1. The fourth-order valence-electron chi connectivity index (χ4n) is 5.86. The third kappa shape index (κ3) is 5.43. The lowest BCUT2D eigenvalue weighted by Crippen LogP contribution is -2.40. The Hall–Kier alpha value is -4.92. The molecule has 2 amide bonds. The van der Waals surface area contributed by atoms with Gasteiger partial charge in [0.1, 0.15) is 11.5 Å². The molecular formula is C32H34N8O. The summed E-state index contributed by atoms with van der Waals surface area (Å²) >= 11 is 0. The van der Waals surface area contributed by atoms with E-state index in [4.69, 9.17) is 5.10 Å². The van der Waals surface area contributed by atoms with Crippen LogP contribution >= 0.6 is 0 Å². The molecule has 0 saturated heterocycles. The normalized spacial score (nSPS) is 18.3. The van der Waals surface area contributed by atoms with Crippen molar-refractivity contribution >= 4 is 17.5 Å². The number of carbonyl (C=O) groups is 1. The number of nitrogens with one attached hydrogen (secondary N) is 2. The summed E-state index contributed by atoms with van der Waals surface area (Å²) in [5.41, 5.74) is 5.70. The third-order valence-electron chi connectivity index (χ3n) is 8.02. The average Bonchev–Trinajstić information content (AvgIpc) is 3.71. The summed E-state index contributed by atoms with van der Waals surface area (Å²) in [6, 6.07) is 24.3. The highest BCUT2D eigenvalue weighted by molar-refractivity contribution is 5.91. The number of hydrogen-bond donors (Lipinski definition) is 2. The topological polar surface area (TPSA) is 92.9 Å². The van der Waals surface area contributed by atoms with Gasteiger partial charge in [-0.1, -0.05) is 48.5 Å². The summed E-state index contributed by atoms with van der Waals surface area (Å²) < 4.78 is 3.54. The van der Waals surface area contributed by atoms with Gasteiger partial charge in [-0.3, -0.25) is 15.0 Å². The monoisotopic (exact) mass is 546 g/mol. The van der Waals surface area contributed by atoms with Gasteiger partial charge in [0.05, 0.1) is 23.8 Å². The number of carbonyl (C=O) groups excluding carboxylic acids is 1. The highest BCUT2D eigenvalue weighted by atomic mass is 16.2. The van der Waals surface area contributed by atoms with Gasteiger partial charge in [-0.15, -0.1) is 0 Å². The minimum Gasteiger partial charge on any atom is -0.370 e. The summed E-state index contributed by atoms with van der Waals surface area (Å²) in [6.07, 6.45) is 9.13. The lowest BCUT2D eigenvalue weighted by molar-refractivity contribution is 0.247. The quantitative estimate of drug-likeness (QED) is 0.279. The van der Waals surface area contributed by atoms with Crippen LogP contribution in [-0.4, -0.2) is 49.7 Å². The maximum atomic E-state index is 13.7. The van der Waals surface area contributed by atoms with Crippen LogP contribution in [-0.2, 0) is 7.05 Å². The van der Waals surface area contributed by atoms with Crippen LogP contribution < -0.4 is 15.5 Å². The van der Waals surface area contributed by atoms with Gasteiger partial charge in [0, 0.05) is 55.6 Å². The number of benzene rings is 2. The first kappa shape index (κ1) is 26.3. The fraction of sp³-hybridized carbons (Fsp3) is 0.250. The van der Waals surface area contributed by atoms with Gasteiger partial charge in [0.2, 0.25) is 0 Å². The predicted molar refractivity (Wildman–Crippen MR) is 161 cm³/mol. The molecule has 9 heteroatoms. The maximum Gasteiger partial charge on any atom is 0.320 e. The Morgan fingerprint density at radius 2 is 1.73 bits per heavy atom. The minimum absolute atomic E-state index is 0.0484. The zero-order valence-corrected chi connectivity index (χ0v) is 23.5. The lowest BCUT2D eigenvalue weighted by Gasteiger charge is -2.26. The molecule has 41 heavy (non-hydrogen) atoms. The Morgan fingerprint density at radius 1 is 0.976 bits per heavy atom. The van der Waals surface area contributed by atoms with Gasteiger partial charge in [-0.05, 0) is 49.6 Å². The van der Waals surface area contributed by atoms with Crippen LogP contribution in [0.2, 0.25) is 0 Å². The molecule has 2 aromatic carbocycles. The van der Waals surface area contributed by atoms with E-state index in [1.165, 1.54) is 5.56 Å². The van der Waals surface area contributed by atoms with Crippen molar-refractivity contribution in [3.8, 4) is 16.9 Å². The average molecular weight is 547 g/mol. The van der Waals surface area contributed by atoms with E-state index < -0.39 is 0 Å². The Labute approximate surface area is 239 Å². The molecule has 3 heterocycles. The number of aromatic nitrogens is 5. The molecule has 9 nitrogen and oxygen atoms in total. The molecule has 0 spiro atoms. The SMILES string of the molecule is Cc1c(-c2cnn(C)c2)nn(-c2ccccc2)c1NC(=O)N[C@@H]1C[C@@H](N(C)c2cccnc2)C[C@H]1c1ccccc1. The Kier molecular flexibility index (Phi) is 7.24. The first-order valence-electron chi connectivity index (χ1n) is 13.9. The number of anilines is 2. The molecule has 3 atom stereocenters. The predicted octanol–water partition coefficient (Wildman–Crippen LogP) is 5.55. The van der Waals surface area contributed by atoms with E-state index in [1.54, 1.807) is 21.8 Å². The van der Waals surface area contributed by atoms with Crippen LogP contribution in [0, 0.1) is 6.92 Å². The van der Waals surface area contributed by atoms with Gasteiger partial charge < -0.3 is 10.2 Å². The van der Waals surface area contributed by atoms with Crippen LogP contribution in [0.25, 0.3) is 16.9 Å². The largest absolute Gasteiger partial charge is 0.370 e. The molecule has 6 rings (SSSR count). The second-order valence-corrected chi connectivity index (χ2v) is 10.6. The molecule has 0 unspecified atom stereocenters. The highest BCUT2D eigenvalue weighted by Gasteiger charge is 2.38. The number of pyridine rings is 1. The molecule has 2 N–H and O–H groups in total. The lowest BCUT2D eigenvalue weighted by atomic mass is 9.94. The van der Waals surface area contributed by atoms with E-state index in [2.05, 4.69) is 63.0 Å². The van der Waals surface area contributed by atoms with Gasteiger partial charge in [-0.25, -0.2) is 9.48 Å². The Morgan fingerprint density at radius 3 is 2.41 bits per heavy atom. The molecule has 3 aromatic heterocycles. The molecule has 0 radical (unpaired) electrons. The summed E-state index contributed by atoms with van der Waals surface area (Å²) in [5.74, 6) is 0.808. The van der Waals surface area contributed by atoms with Crippen molar-refractivity contribution in [1.82, 2.24) is 29.9 Å². The number of hydrogen-bond acceptors (Lipinski definition) is 5. The van der Waals surface area contributed by atoms with Crippen molar-refractivity contribution in [2.45, 2.75) is 37.8 Å². The summed E-state index contributed by atoms with van der Waals surface area (Å²) in [4.78, 5) is 20.2. The standard InChI is InChI=1S/C32H34N8O/c1-22-30(24-19-34-38(2)21-24)37-40(25-13-8-5-9-14-25)31(22)36-32(41)35-29-18-27(39(3)26-15-10-16-33-20-26)17-28(29)23-11-6-4-7-12-23/h4-16,19-21,27-29H,17-18H2,1-3H3,(H2,35,36,41)/t27-,28-,29+/m0/s1. The van der Waals surface area contributed by atoms with Crippen molar-refractivity contribution in [3.05, 3.63) is 109 Å². The van der Waals surface area contributed by atoms with Crippen LogP contribution in [0.3, 0.4) is 0 Å². The van der Waals surface area contributed by atoms with Gasteiger partial charge in [0.25, 0.3) is 0 Å².